The standard InChI is InChI=1S/C50H47NS/c1-49(30-33-26-32-27-34(31-49)48(32)33)35-20-22-37(23-21-35)51(39-24-25-43-42-16-7-10-19-46(42)52(3,4)47(43)29-39)38-13-11-12-36(28-38)50(2)44-17-8-5-14-40(44)41-15-6-9-18-45(41)50/h5-25,28-29,32-34,48H,26-27,30-31H2,1-4H3. The van der Waals surface area contributed by atoms with Crippen LogP contribution >= 0.6 is 10.0 Å². The topological polar surface area (TPSA) is 3.24 Å². The first kappa shape index (κ1) is 31.0. The van der Waals surface area contributed by atoms with Crippen molar-refractivity contribution in [3.05, 3.63) is 162 Å². The summed E-state index contributed by atoms with van der Waals surface area (Å²) in [5.74, 6) is 4.02. The lowest BCUT2D eigenvalue weighted by atomic mass is 9.39. The SMILES string of the molecule is CC1(c2ccc(N(c3cccc(C4(C)c5ccccc5-c5ccccc54)c3)c3ccc4c(c3)S(C)(C)c3ccccc3-4)cc2)CC2CC3CC(C1)C32. The minimum Gasteiger partial charge on any atom is -0.310 e. The van der Waals surface area contributed by atoms with Gasteiger partial charge in [-0.25, -0.2) is 0 Å². The summed E-state index contributed by atoms with van der Waals surface area (Å²) in [6.45, 7) is 4.99. The van der Waals surface area contributed by atoms with Crippen molar-refractivity contribution >= 4 is 27.1 Å². The van der Waals surface area contributed by atoms with Crippen LogP contribution in [-0.2, 0) is 10.8 Å². The van der Waals surface area contributed by atoms with Gasteiger partial charge in [0, 0.05) is 32.3 Å². The van der Waals surface area contributed by atoms with Crippen LogP contribution in [0.15, 0.2) is 149 Å². The van der Waals surface area contributed by atoms with Crippen molar-refractivity contribution in [2.75, 3.05) is 17.4 Å². The van der Waals surface area contributed by atoms with Gasteiger partial charge in [-0.1, -0.05) is 104 Å². The Morgan fingerprint density at radius 1 is 0.500 bits per heavy atom. The lowest BCUT2D eigenvalue weighted by Gasteiger charge is -2.65. The zero-order chi connectivity index (χ0) is 35.0. The fraction of sp³-hybridized carbons (Fsp3) is 0.280. The molecule has 6 aromatic carbocycles. The van der Waals surface area contributed by atoms with Gasteiger partial charge in [-0.05, 0) is 161 Å². The third-order valence-electron chi connectivity index (χ3n) is 14.5. The quantitative estimate of drug-likeness (QED) is 0.174. The lowest BCUT2D eigenvalue weighted by Crippen LogP contribution is -2.58. The summed E-state index contributed by atoms with van der Waals surface area (Å²) >= 11 is 0. The van der Waals surface area contributed by atoms with E-state index in [0.29, 0.717) is 0 Å². The minimum atomic E-state index is -1.15. The molecule has 0 aromatic heterocycles. The number of nitrogens with zero attached hydrogens (tertiary/aromatic N) is 1. The molecule has 3 fully saturated rings. The molecule has 4 aliphatic carbocycles. The van der Waals surface area contributed by atoms with Gasteiger partial charge >= 0.3 is 0 Å². The van der Waals surface area contributed by atoms with Crippen LogP contribution in [0.2, 0.25) is 0 Å². The van der Waals surface area contributed by atoms with Crippen molar-refractivity contribution in [1.82, 2.24) is 0 Å². The summed E-state index contributed by atoms with van der Waals surface area (Å²) in [4.78, 5) is 5.51. The summed E-state index contributed by atoms with van der Waals surface area (Å²) in [7, 11) is -1.15. The molecule has 1 nitrogen and oxygen atoms in total. The highest BCUT2D eigenvalue weighted by molar-refractivity contribution is 8.33. The van der Waals surface area contributed by atoms with Crippen LogP contribution in [0.1, 0.15) is 61.8 Å². The van der Waals surface area contributed by atoms with E-state index >= 15 is 0 Å². The summed E-state index contributed by atoms with van der Waals surface area (Å²) in [6.07, 6.45) is 10.6. The van der Waals surface area contributed by atoms with Crippen molar-refractivity contribution in [3.8, 4) is 22.3 Å². The van der Waals surface area contributed by atoms with E-state index in [1.165, 1.54) is 97.0 Å². The van der Waals surface area contributed by atoms with Gasteiger partial charge in [-0.3, -0.25) is 0 Å². The van der Waals surface area contributed by atoms with Gasteiger partial charge in [-0.15, -0.1) is 0 Å². The van der Waals surface area contributed by atoms with E-state index in [0.717, 1.165) is 23.7 Å². The maximum absolute atomic E-state index is 2.56. The van der Waals surface area contributed by atoms with E-state index in [1.807, 2.05) is 0 Å². The molecule has 52 heavy (non-hydrogen) atoms. The van der Waals surface area contributed by atoms with E-state index < -0.39 is 10.0 Å². The Kier molecular flexibility index (Phi) is 6.43. The van der Waals surface area contributed by atoms with Crippen LogP contribution in [-0.4, -0.2) is 12.5 Å². The molecule has 0 bridgehead atoms. The minimum absolute atomic E-state index is 0.250. The molecule has 258 valence electrons. The fourth-order valence-corrected chi connectivity index (χ4v) is 14.4. The molecule has 2 atom stereocenters. The van der Waals surface area contributed by atoms with Crippen molar-refractivity contribution in [2.24, 2.45) is 23.7 Å². The highest BCUT2D eigenvalue weighted by Gasteiger charge is 2.59. The average molecular weight is 694 g/mol. The number of fused-ring (bicyclic) bond motifs is 6. The Morgan fingerprint density at radius 3 is 1.75 bits per heavy atom. The predicted molar refractivity (Wildman–Crippen MR) is 220 cm³/mol. The third kappa shape index (κ3) is 4.13. The molecule has 11 rings (SSSR count). The molecular formula is C50H47NS. The van der Waals surface area contributed by atoms with Gasteiger partial charge in [0.2, 0.25) is 0 Å². The highest BCUT2D eigenvalue weighted by atomic mass is 32.3. The Balaban J connectivity index is 1.05. The van der Waals surface area contributed by atoms with Gasteiger partial charge in [0.15, 0.2) is 0 Å². The summed E-state index contributed by atoms with van der Waals surface area (Å²) in [6, 6.07) is 53.6. The summed E-state index contributed by atoms with van der Waals surface area (Å²) < 4.78 is 0. The van der Waals surface area contributed by atoms with Crippen LogP contribution in [0.3, 0.4) is 0 Å². The monoisotopic (exact) mass is 693 g/mol. The number of rotatable bonds is 5. The number of hydrogen-bond donors (Lipinski definition) is 0. The van der Waals surface area contributed by atoms with Crippen LogP contribution in [0.4, 0.5) is 17.1 Å². The van der Waals surface area contributed by atoms with E-state index in [9.17, 15) is 0 Å². The first-order valence-corrected chi connectivity index (χ1v) is 21.9. The van der Waals surface area contributed by atoms with Crippen molar-refractivity contribution in [1.29, 1.82) is 0 Å². The molecule has 0 radical (unpaired) electrons. The van der Waals surface area contributed by atoms with Gasteiger partial charge < -0.3 is 4.90 Å². The average Bonchev–Trinajstić information content (AvgIpc) is 3.55. The number of hydrogen-bond acceptors (Lipinski definition) is 1. The predicted octanol–water partition coefficient (Wildman–Crippen LogP) is 13.3. The maximum atomic E-state index is 2.56. The van der Waals surface area contributed by atoms with Crippen LogP contribution in [0.25, 0.3) is 22.3 Å². The van der Waals surface area contributed by atoms with Gasteiger partial charge in [0.05, 0.1) is 0 Å². The molecule has 0 N–H and O–H groups in total. The van der Waals surface area contributed by atoms with E-state index in [-0.39, 0.29) is 10.8 Å². The zero-order valence-corrected chi connectivity index (χ0v) is 31.6. The normalized spacial score (nSPS) is 26.8. The van der Waals surface area contributed by atoms with E-state index in [1.54, 1.807) is 0 Å². The smallest absolute Gasteiger partial charge is 0.0472 e. The molecule has 1 aliphatic heterocycles. The van der Waals surface area contributed by atoms with Gasteiger partial charge in [-0.2, -0.15) is 10.0 Å². The van der Waals surface area contributed by atoms with Gasteiger partial charge in [0.25, 0.3) is 0 Å². The van der Waals surface area contributed by atoms with E-state index in [2.05, 4.69) is 171 Å². The van der Waals surface area contributed by atoms with Crippen LogP contribution < -0.4 is 4.90 Å². The second kappa shape index (κ2) is 10.8. The zero-order valence-electron chi connectivity index (χ0n) is 30.8. The van der Waals surface area contributed by atoms with Crippen LogP contribution in [0.5, 0.6) is 0 Å². The van der Waals surface area contributed by atoms with Crippen molar-refractivity contribution < 1.29 is 0 Å². The Labute approximate surface area is 311 Å². The lowest BCUT2D eigenvalue weighted by molar-refractivity contribution is -0.141. The molecular weight excluding hydrogens is 647 g/mol. The highest BCUT2D eigenvalue weighted by Crippen LogP contribution is 2.69. The second-order valence-corrected chi connectivity index (χ2v) is 21.0. The fourth-order valence-electron chi connectivity index (χ4n) is 11.9. The maximum Gasteiger partial charge on any atom is 0.0472 e. The Morgan fingerprint density at radius 2 is 1.08 bits per heavy atom. The second-order valence-electron chi connectivity index (χ2n) is 17.5. The van der Waals surface area contributed by atoms with Gasteiger partial charge in [0.1, 0.15) is 0 Å². The summed E-state index contributed by atoms with van der Waals surface area (Å²) in [5.41, 5.74) is 14.8. The molecule has 1 heterocycles. The number of anilines is 3. The third-order valence-corrected chi connectivity index (χ3v) is 17.4. The first-order chi connectivity index (χ1) is 25.2. The molecule has 5 aliphatic rings. The first-order valence-electron chi connectivity index (χ1n) is 19.4. The molecule has 0 saturated heterocycles. The molecule has 2 unspecified atom stereocenters. The molecule has 0 amide bonds. The van der Waals surface area contributed by atoms with Crippen molar-refractivity contribution in [3.63, 3.8) is 0 Å². The Bertz CT molecular complexity index is 2360. The molecule has 0 spiro atoms. The van der Waals surface area contributed by atoms with Crippen molar-refractivity contribution in [2.45, 2.75) is 60.2 Å². The number of benzene rings is 6. The largest absolute Gasteiger partial charge is 0.310 e. The Hall–Kier alpha value is -4.53. The molecule has 3 saturated carbocycles. The van der Waals surface area contributed by atoms with Crippen LogP contribution in [0, 0.1) is 23.7 Å². The summed E-state index contributed by atoms with van der Waals surface area (Å²) in [5, 5.41) is 0. The van der Waals surface area contributed by atoms with E-state index in [4.69, 9.17) is 0 Å². The molecule has 2 heteroatoms. The molecule has 6 aromatic rings.